The summed E-state index contributed by atoms with van der Waals surface area (Å²) in [6, 6.07) is 8.67. The molecule has 0 saturated carbocycles. The summed E-state index contributed by atoms with van der Waals surface area (Å²) in [5.41, 5.74) is 0.691. The highest BCUT2D eigenvalue weighted by Gasteiger charge is 2.45. The van der Waals surface area contributed by atoms with Gasteiger partial charge in [0.25, 0.3) is 0 Å². The van der Waals surface area contributed by atoms with Gasteiger partial charge < -0.3 is 9.47 Å². The first kappa shape index (κ1) is 20.9. The molecule has 2 fully saturated rings. The van der Waals surface area contributed by atoms with E-state index in [1.54, 1.807) is 7.11 Å². The molecule has 0 aliphatic carbocycles. The number of carbonyl (C=O) groups is 1. The molecule has 3 rings (SSSR count). The van der Waals surface area contributed by atoms with E-state index < -0.39 is 5.41 Å². The van der Waals surface area contributed by atoms with Crippen molar-refractivity contribution in [3.63, 3.8) is 0 Å². The van der Waals surface area contributed by atoms with Crippen molar-refractivity contribution in [1.82, 2.24) is 4.90 Å². The second-order valence-corrected chi connectivity index (χ2v) is 9.71. The number of esters is 1. The first-order valence-corrected chi connectivity index (χ1v) is 12.2. The van der Waals surface area contributed by atoms with Gasteiger partial charge in [-0.05, 0) is 50.4 Å². The third-order valence-corrected chi connectivity index (χ3v) is 7.99. The predicted octanol–water partition coefficient (Wildman–Crippen LogP) is 3.73. The molecule has 27 heavy (non-hydrogen) atoms. The maximum atomic E-state index is 13.1. The number of benzene rings is 1. The molecule has 2 heterocycles. The van der Waals surface area contributed by atoms with Crippen LogP contribution in [0, 0.1) is 5.41 Å². The van der Waals surface area contributed by atoms with Gasteiger partial charge in [-0.1, -0.05) is 12.1 Å². The fourth-order valence-corrected chi connectivity index (χ4v) is 6.76. The molecule has 1 unspecified atom stereocenters. The van der Waals surface area contributed by atoms with Crippen molar-refractivity contribution in [2.24, 2.45) is 5.41 Å². The van der Waals surface area contributed by atoms with Crippen molar-refractivity contribution in [3.05, 3.63) is 29.8 Å². The lowest BCUT2D eigenvalue weighted by atomic mass is 9.74. The summed E-state index contributed by atoms with van der Waals surface area (Å²) in [6.45, 7) is 4.23. The normalized spacial score (nSPS) is 25.0. The zero-order valence-corrected chi connectivity index (χ0v) is 18.1. The Morgan fingerprint density at radius 1 is 1.30 bits per heavy atom. The summed E-state index contributed by atoms with van der Waals surface area (Å²) in [4.78, 5) is 15.6. The number of thioether (sulfide) groups is 2. The number of likely N-dealkylation sites (tertiary alicyclic amines) is 1. The highest BCUT2D eigenvalue weighted by molar-refractivity contribution is 8.03. The van der Waals surface area contributed by atoms with E-state index in [4.69, 9.17) is 9.47 Å². The van der Waals surface area contributed by atoms with Crippen LogP contribution in [-0.2, 0) is 16.0 Å². The molecular formula is C21H31NO3S2. The van der Waals surface area contributed by atoms with Crippen molar-refractivity contribution in [2.75, 3.05) is 49.8 Å². The SMILES string of the molecule is CCOC(=O)C1(Cc2cccc(OC)c2)CCCN(C2CSCCSC2)C1. The zero-order valence-electron chi connectivity index (χ0n) is 16.4. The zero-order chi connectivity index (χ0) is 19.1. The van der Waals surface area contributed by atoms with E-state index in [1.807, 2.05) is 19.1 Å². The molecule has 0 aromatic heterocycles. The van der Waals surface area contributed by atoms with E-state index in [1.165, 1.54) is 23.0 Å². The maximum Gasteiger partial charge on any atom is 0.313 e. The Morgan fingerprint density at radius 3 is 2.78 bits per heavy atom. The van der Waals surface area contributed by atoms with Gasteiger partial charge in [0, 0.05) is 35.6 Å². The molecule has 0 spiro atoms. The average Bonchev–Trinajstić information content (AvgIpc) is 2.98. The summed E-state index contributed by atoms with van der Waals surface area (Å²) in [5, 5.41) is 0. The van der Waals surface area contributed by atoms with E-state index in [0.29, 0.717) is 19.1 Å². The lowest BCUT2D eigenvalue weighted by Crippen LogP contribution is -2.54. The Labute approximate surface area is 171 Å². The molecule has 1 aromatic rings. The summed E-state index contributed by atoms with van der Waals surface area (Å²) in [5.74, 6) is 5.63. The number of nitrogens with zero attached hydrogens (tertiary/aromatic N) is 1. The minimum Gasteiger partial charge on any atom is -0.497 e. The summed E-state index contributed by atoms with van der Waals surface area (Å²) in [6.07, 6.45) is 2.66. The second kappa shape index (κ2) is 10.1. The molecule has 0 radical (unpaired) electrons. The molecule has 1 atom stereocenters. The van der Waals surface area contributed by atoms with Crippen molar-refractivity contribution in [2.45, 2.75) is 32.2 Å². The Hall–Kier alpha value is -0.850. The Morgan fingerprint density at radius 2 is 2.07 bits per heavy atom. The Kier molecular flexibility index (Phi) is 7.79. The van der Waals surface area contributed by atoms with Gasteiger partial charge in [0.05, 0.1) is 19.1 Å². The van der Waals surface area contributed by atoms with Crippen LogP contribution >= 0.6 is 23.5 Å². The molecule has 2 aliphatic rings. The second-order valence-electron chi connectivity index (χ2n) is 7.41. The first-order valence-electron chi connectivity index (χ1n) is 9.86. The van der Waals surface area contributed by atoms with E-state index in [0.717, 1.165) is 37.2 Å². The van der Waals surface area contributed by atoms with Crippen LogP contribution in [0.1, 0.15) is 25.3 Å². The third-order valence-electron chi connectivity index (χ3n) is 5.50. The topological polar surface area (TPSA) is 38.8 Å². The minimum atomic E-state index is -0.456. The molecule has 6 heteroatoms. The highest BCUT2D eigenvalue weighted by atomic mass is 32.2. The summed E-state index contributed by atoms with van der Waals surface area (Å²) in [7, 11) is 1.68. The van der Waals surface area contributed by atoms with Gasteiger partial charge in [-0.15, -0.1) is 0 Å². The number of hydrogen-bond acceptors (Lipinski definition) is 6. The van der Waals surface area contributed by atoms with Gasteiger partial charge in [-0.3, -0.25) is 9.69 Å². The fraction of sp³-hybridized carbons (Fsp3) is 0.667. The molecule has 150 valence electrons. The molecular weight excluding hydrogens is 378 g/mol. The van der Waals surface area contributed by atoms with Crippen LogP contribution in [0.5, 0.6) is 5.75 Å². The quantitative estimate of drug-likeness (QED) is 0.667. The average molecular weight is 410 g/mol. The number of piperidine rings is 1. The Balaban J connectivity index is 1.81. The van der Waals surface area contributed by atoms with Crippen molar-refractivity contribution < 1.29 is 14.3 Å². The van der Waals surface area contributed by atoms with Crippen LogP contribution in [0.2, 0.25) is 0 Å². The molecule has 2 saturated heterocycles. The van der Waals surface area contributed by atoms with Crippen molar-refractivity contribution >= 4 is 29.5 Å². The molecule has 2 aliphatic heterocycles. The number of carbonyl (C=O) groups excluding carboxylic acids is 1. The molecule has 1 aromatic carbocycles. The molecule has 4 nitrogen and oxygen atoms in total. The smallest absolute Gasteiger partial charge is 0.313 e. The Bertz CT molecular complexity index is 619. The van der Waals surface area contributed by atoms with Gasteiger partial charge in [0.15, 0.2) is 0 Å². The predicted molar refractivity (Wildman–Crippen MR) is 115 cm³/mol. The fourth-order valence-electron chi connectivity index (χ4n) is 4.14. The van der Waals surface area contributed by atoms with Gasteiger partial charge in [-0.2, -0.15) is 23.5 Å². The number of rotatable bonds is 6. The van der Waals surface area contributed by atoms with Gasteiger partial charge in [-0.25, -0.2) is 0 Å². The van der Waals surface area contributed by atoms with E-state index in [2.05, 4.69) is 40.6 Å². The molecule has 0 amide bonds. The summed E-state index contributed by atoms with van der Waals surface area (Å²) >= 11 is 4.10. The standard InChI is InChI=1S/C21H31NO3S2/c1-3-25-20(23)21(13-17-6-4-7-19(12-17)24-2)8-5-9-22(16-21)18-14-26-10-11-27-15-18/h4,6-7,12,18H,3,5,8-11,13-16H2,1-2H3. The monoisotopic (exact) mass is 409 g/mol. The molecule has 0 N–H and O–H groups in total. The lowest BCUT2D eigenvalue weighted by Gasteiger charge is -2.44. The maximum absolute atomic E-state index is 13.1. The molecule has 0 bridgehead atoms. The van der Waals surface area contributed by atoms with E-state index in [-0.39, 0.29) is 5.97 Å². The van der Waals surface area contributed by atoms with Crippen molar-refractivity contribution in [1.29, 1.82) is 0 Å². The summed E-state index contributed by atoms with van der Waals surface area (Å²) < 4.78 is 10.9. The highest BCUT2D eigenvalue weighted by Crippen LogP contribution is 2.37. The number of hydrogen-bond donors (Lipinski definition) is 0. The number of methoxy groups -OCH3 is 1. The van der Waals surface area contributed by atoms with Crippen LogP contribution < -0.4 is 4.74 Å². The number of ether oxygens (including phenoxy) is 2. The van der Waals surface area contributed by atoms with Crippen LogP contribution in [0.15, 0.2) is 24.3 Å². The third kappa shape index (κ3) is 5.36. The minimum absolute atomic E-state index is 0.0357. The van der Waals surface area contributed by atoms with Crippen molar-refractivity contribution in [3.8, 4) is 5.75 Å². The van der Waals surface area contributed by atoms with Crippen LogP contribution in [-0.4, -0.2) is 66.7 Å². The van der Waals surface area contributed by atoms with Gasteiger partial charge >= 0.3 is 5.97 Å². The van der Waals surface area contributed by atoms with Crippen LogP contribution in [0.25, 0.3) is 0 Å². The van der Waals surface area contributed by atoms with Crippen LogP contribution in [0.4, 0.5) is 0 Å². The first-order chi connectivity index (χ1) is 13.2. The van der Waals surface area contributed by atoms with Crippen LogP contribution in [0.3, 0.4) is 0 Å². The van der Waals surface area contributed by atoms with Gasteiger partial charge in [0.2, 0.25) is 0 Å². The largest absolute Gasteiger partial charge is 0.497 e. The van der Waals surface area contributed by atoms with E-state index >= 15 is 0 Å². The van der Waals surface area contributed by atoms with E-state index in [9.17, 15) is 4.79 Å². The lowest BCUT2D eigenvalue weighted by molar-refractivity contribution is -0.159. The van der Waals surface area contributed by atoms with Gasteiger partial charge in [0.1, 0.15) is 5.75 Å².